The molecule has 1 N–H and O–H groups in total. The summed E-state index contributed by atoms with van der Waals surface area (Å²) in [5.41, 5.74) is 3.75. The fraction of sp³-hybridized carbons (Fsp3) is 0.571. The molecule has 0 bridgehead atoms. The summed E-state index contributed by atoms with van der Waals surface area (Å²) in [4.78, 5) is 11.0. The Morgan fingerprint density at radius 1 is 0.769 bits per heavy atom. The van der Waals surface area contributed by atoms with Crippen LogP contribution in [0, 0.1) is 6.92 Å². The highest BCUT2D eigenvalue weighted by Gasteiger charge is 2.42. The number of hydrogen-bond acceptors (Lipinski definition) is 6. The fourth-order valence-electron chi connectivity index (χ4n) is 4.87. The van der Waals surface area contributed by atoms with Gasteiger partial charge in [-0.05, 0) is 95.0 Å². The Balaban J connectivity index is 1.83. The van der Waals surface area contributed by atoms with Crippen LogP contribution >= 0.6 is 0 Å². The maximum absolute atomic E-state index is 11.0. The van der Waals surface area contributed by atoms with Gasteiger partial charge in [-0.25, -0.2) is 0 Å². The fourth-order valence-corrected chi connectivity index (χ4v) is 23.8. The highest BCUT2D eigenvalue weighted by Crippen LogP contribution is 2.32. The van der Waals surface area contributed by atoms with E-state index < -0.39 is 43.3 Å². The van der Waals surface area contributed by atoms with Gasteiger partial charge in [-0.2, -0.15) is 0 Å². The van der Waals surface area contributed by atoms with Gasteiger partial charge in [0.15, 0.2) is 16.6 Å². The Morgan fingerprint density at radius 3 is 1.79 bits per heavy atom. The van der Waals surface area contributed by atoms with Gasteiger partial charge in [0.1, 0.15) is 5.75 Å². The zero-order valence-corrected chi connectivity index (χ0v) is 31.5. The minimum atomic E-state index is -3.30. The van der Waals surface area contributed by atoms with Gasteiger partial charge in [0.05, 0.1) is 6.61 Å². The van der Waals surface area contributed by atoms with E-state index in [1.165, 1.54) is 16.7 Å². The van der Waals surface area contributed by atoms with Crippen LogP contribution in [0.5, 0.6) is 5.75 Å². The molecule has 39 heavy (non-hydrogen) atoms. The van der Waals surface area contributed by atoms with E-state index in [0.29, 0.717) is 6.61 Å². The lowest BCUT2D eigenvalue weighted by atomic mass is 9.78. The number of hydrogen-bond donors (Lipinski definition) is 1. The number of aryl methyl sites for hydroxylation is 1. The predicted octanol–water partition coefficient (Wildman–Crippen LogP) is 7.31. The van der Waals surface area contributed by atoms with Gasteiger partial charge in [0.2, 0.25) is 0 Å². The summed E-state index contributed by atoms with van der Waals surface area (Å²) in [6, 6.07) is 18.0. The second-order valence-electron chi connectivity index (χ2n) is 13.1. The van der Waals surface area contributed by atoms with Crippen LogP contribution in [0.1, 0.15) is 37.0 Å². The molecule has 2 unspecified atom stereocenters. The van der Waals surface area contributed by atoms with E-state index in [4.69, 9.17) is 21.2 Å². The van der Waals surface area contributed by atoms with Crippen LogP contribution in [0.15, 0.2) is 48.5 Å². The molecule has 0 saturated heterocycles. The average Bonchev–Trinajstić information content (AvgIpc) is 2.74. The number of benzene rings is 2. The second kappa shape index (κ2) is 13.4. The average molecular weight is 625 g/mol. The van der Waals surface area contributed by atoms with Crippen molar-refractivity contribution in [3.8, 4) is 5.75 Å². The molecule has 0 saturated carbocycles. The number of rotatable bonds is 15. The summed E-state index contributed by atoms with van der Waals surface area (Å²) in [7, 11) is -11.6. The van der Waals surface area contributed by atoms with Gasteiger partial charge in [-0.1, -0.05) is 55.8 Å². The first-order valence-corrected chi connectivity index (χ1v) is 27.7. The van der Waals surface area contributed by atoms with E-state index in [1.807, 2.05) is 19.6 Å². The molecule has 0 fully saturated rings. The first-order chi connectivity index (χ1) is 17.7. The third-order valence-electron chi connectivity index (χ3n) is 6.39. The van der Waals surface area contributed by atoms with E-state index in [-0.39, 0.29) is 5.41 Å². The standard InChI is InChI=1S/C28H52O6Si5/c1-24-14-16-25(17-15-24)28(2,3)26-18-20-27(21-19-26)30-22-13-23-37(8,9)34-39(12,29)32-35(4)31-38(10,11)33-36(5,6)7/h14-21,29,35H,13,22-23H2,1-12H3. The lowest BCUT2D eigenvalue weighted by Crippen LogP contribution is -2.54. The van der Waals surface area contributed by atoms with Crippen molar-refractivity contribution in [3.05, 3.63) is 65.2 Å². The Kier molecular flexibility index (Phi) is 11.8. The summed E-state index contributed by atoms with van der Waals surface area (Å²) < 4.78 is 30.8. The summed E-state index contributed by atoms with van der Waals surface area (Å²) in [6.07, 6.45) is 0.855. The molecule has 11 heteroatoms. The lowest BCUT2D eigenvalue weighted by Gasteiger charge is -2.36. The summed E-state index contributed by atoms with van der Waals surface area (Å²) >= 11 is 0. The highest BCUT2D eigenvalue weighted by atomic mass is 28.5. The van der Waals surface area contributed by atoms with Crippen LogP contribution in [0.3, 0.4) is 0 Å². The quantitative estimate of drug-likeness (QED) is 0.166. The molecule has 0 radical (unpaired) electrons. The zero-order valence-electron chi connectivity index (χ0n) is 26.3. The summed E-state index contributed by atoms with van der Waals surface area (Å²) in [6.45, 7) is 25.7. The Morgan fingerprint density at radius 2 is 1.28 bits per heavy atom. The third kappa shape index (κ3) is 12.3. The van der Waals surface area contributed by atoms with Crippen molar-refractivity contribution in [2.45, 2.75) is 97.6 Å². The maximum Gasteiger partial charge on any atom is 0.475 e. The number of ether oxygens (including phenoxy) is 1. The van der Waals surface area contributed by atoms with Crippen molar-refractivity contribution < 1.29 is 26.0 Å². The Labute approximate surface area is 243 Å². The normalized spacial score (nSPS) is 15.6. The molecule has 0 aliphatic heterocycles. The summed E-state index contributed by atoms with van der Waals surface area (Å²) in [5.74, 6) is 0.868. The van der Waals surface area contributed by atoms with Crippen molar-refractivity contribution in [1.29, 1.82) is 0 Å². The SMILES string of the molecule is Cc1ccc(C(C)(C)c2ccc(OCCC[Si](C)(C)O[Si](C)(O)O[SiH](C)O[Si](C)(C)O[Si](C)(C)C)cc2)cc1. The van der Waals surface area contributed by atoms with Crippen molar-refractivity contribution >= 4 is 43.3 Å². The van der Waals surface area contributed by atoms with E-state index in [2.05, 4.69) is 102 Å². The van der Waals surface area contributed by atoms with Crippen molar-refractivity contribution in [3.63, 3.8) is 0 Å². The molecule has 0 aliphatic carbocycles. The first-order valence-electron chi connectivity index (χ1n) is 14.0. The van der Waals surface area contributed by atoms with E-state index in [1.54, 1.807) is 6.55 Å². The minimum Gasteiger partial charge on any atom is -0.494 e. The molecule has 0 spiro atoms. The highest BCUT2D eigenvalue weighted by molar-refractivity contribution is 6.85. The lowest BCUT2D eigenvalue weighted by molar-refractivity contribution is 0.230. The maximum atomic E-state index is 11.0. The van der Waals surface area contributed by atoms with Crippen LogP contribution < -0.4 is 4.74 Å². The topological polar surface area (TPSA) is 66.4 Å². The molecular weight excluding hydrogens is 573 g/mol. The molecule has 2 rings (SSSR count). The van der Waals surface area contributed by atoms with Gasteiger partial charge in [-0.15, -0.1) is 0 Å². The van der Waals surface area contributed by atoms with Crippen molar-refractivity contribution in [2.75, 3.05) is 6.61 Å². The van der Waals surface area contributed by atoms with Crippen LogP contribution in [0.2, 0.25) is 65.0 Å². The predicted molar refractivity (Wildman–Crippen MR) is 174 cm³/mol. The first kappa shape index (κ1) is 34.3. The van der Waals surface area contributed by atoms with E-state index in [0.717, 1.165) is 18.2 Å². The molecule has 220 valence electrons. The molecular formula is C28H52O6Si5. The molecule has 0 heterocycles. The van der Waals surface area contributed by atoms with Crippen LogP contribution in [-0.4, -0.2) is 54.7 Å². The van der Waals surface area contributed by atoms with Crippen LogP contribution in [0.4, 0.5) is 0 Å². The van der Waals surface area contributed by atoms with Gasteiger partial charge in [0, 0.05) is 12.0 Å². The van der Waals surface area contributed by atoms with E-state index >= 15 is 0 Å². The molecule has 0 aromatic heterocycles. The zero-order chi connectivity index (χ0) is 29.7. The molecule has 2 atom stereocenters. The largest absolute Gasteiger partial charge is 0.494 e. The van der Waals surface area contributed by atoms with Crippen LogP contribution in [-0.2, 0) is 21.9 Å². The van der Waals surface area contributed by atoms with Gasteiger partial charge < -0.3 is 26.0 Å². The molecule has 0 amide bonds. The Bertz CT molecular complexity index is 1030. The molecule has 2 aromatic rings. The molecule has 0 aliphatic rings. The Hall–Kier alpha value is -0.876. The molecule has 6 nitrogen and oxygen atoms in total. The van der Waals surface area contributed by atoms with Crippen LogP contribution in [0.25, 0.3) is 0 Å². The smallest absolute Gasteiger partial charge is 0.475 e. The molecule has 2 aromatic carbocycles. The van der Waals surface area contributed by atoms with Gasteiger partial charge >= 0.3 is 26.6 Å². The van der Waals surface area contributed by atoms with Gasteiger partial charge in [0.25, 0.3) is 0 Å². The van der Waals surface area contributed by atoms with Gasteiger partial charge in [-0.3, -0.25) is 0 Å². The summed E-state index contributed by atoms with van der Waals surface area (Å²) in [5, 5.41) is 0. The second-order valence-corrected chi connectivity index (χ2v) is 30.6. The van der Waals surface area contributed by atoms with Crippen molar-refractivity contribution in [2.24, 2.45) is 0 Å². The minimum absolute atomic E-state index is 0.0766. The van der Waals surface area contributed by atoms with Crippen molar-refractivity contribution in [1.82, 2.24) is 0 Å². The van der Waals surface area contributed by atoms with E-state index in [9.17, 15) is 4.80 Å². The third-order valence-corrected chi connectivity index (χ3v) is 22.8. The monoisotopic (exact) mass is 624 g/mol.